The lowest BCUT2D eigenvalue weighted by molar-refractivity contribution is -0.121. The molecule has 3 nitrogen and oxygen atoms in total. The van der Waals surface area contributed by atoms with E-state index in [9.17, 15) is 4.79 Å². The summed E-state index contributed by atoms with van der Waals surface area (Å²) in [6.07, 6.45) is 3.88. The Kier molecular flexibility index (Phi) is 4.81. The van der Waals surface area contributed by atoms with Crippen LogP contribution < -0.4 is 10.6 Å². The molecule has 0 aliphatic heterocycles. The molecule has 0 spiro atoms. The zero-order chi connectivity index (χ0) is 13.0. The number of carbonyl (C=O) groups excluding carboxylic acids is 1. The molecule has 1 aromatic rings. The van der Waals surface area contributed by atoms with Gasteiger partial charge in [-0.1, -0.05) is 0 Å². The van der Waals surface area contributed by atoms with Gasteiger partial charge in [-0.15, -0.1) is 11.3 Å². The van der Waals surface area contributed by atoms with Crippen molar-refractivity contribution < 1.29 is 4.79 Å². The van der Waals surface area contributed by atoms with E-state index in [2.05, 4.69) is 32.6 Å². The van der Waals surface area contributed by atoms with Crippen LogP contribution in [0.25, 0.3) is 0 Å². The first-order valence-electron chi connectivity index (χ1n) is 6.29. The van der Waals surface area contributed by atoms with E-state index in [0.717, 1.165) is 23.3 Å². The van der Waals surface area contributed by atoms with Crippen LogP contribution in [0.2, 0.25) is 0 Å². The number of thiophene rings is 1. The summed E-state index contributed by atoms with van der Waals surface area (Å²) < 4.78 is 1.13. The van der Waals surface area contributed by atoms with E-state index < -0.39 is 0 Å². The van der Waals surface area contributed by atoms with Crippen molar-refractivity contribution in [1.82, 2.24) is 10.6 Å². The normalized spacial score (nSPS) is 16.6. The van der Waals surface area contributed by atoms with Gasteiger partial charge >= 0.3 is 0 Å². The lowest BCUT2D eigenvalue weighted by atomic mass is 10.1. The Balaban J connectivity index is 1.66. The molecule has 5 heteroatoms. The second-order valence-electron chi connectivity index (χ2n) is 5.01. The summed E-state index contributed by atoms with van der Waals surface area (Å²) in [5.41, 5.74) is 0.344. The fourth-order valence-electron chi connectivity index (χ4n) is 2.07. The molecule has 1 aliphatic carbocycles. The first kappa shape index (κ1) is 14.0. The molecule has 0 bridgehead atoms. The zero-order valence-corrected chi connectivity index (χ0v) is 13.0. The van der Waals surface area contributed by atoms with Crippen molar-refractivity contribution in [3.8, 4) is 0 Å². The quantitative estimate of drug-likeness (QED) is 0.806. The maximum absolute atomic E-state index is 11.8. The molecule has 1 fully saturated rings. The second-order valence-corrected chi connectivity index (χ2v) is 7.56. The van der Waals surface area contributed by atoms with Crippen LogP contribution in [0.5, 0.6) is 0 Å². The molecule has 18 heavy (non-hydrogen) atoms. The molecule has 1 aromatic heterocycles. The second kappa shape index (κ2) is 6.17. The first-order chi connectivity index (χ1) is 8.63. The lowest BCUT2D eigenvalue weighted by Crippen LogP contribution is -2.34. The maximum atomic E-state index is 11.8. The number of hydrogen-bond acceptors (Lipinski definition) is 3. The van der Waals surface area contributed by atoms with Gasteiger partial charge in [-0.25, -0.2) is 0 Å². The molecule has 1 heterocycles. The lowest BCUT2D eigenvalue weighted by Gasteiger charge is -2.15. The third kappa shape index (κ3) is 4.07. The summed E-state index contributed by atoms with van der Waals surface area (Å²) in [6, 6.07) is 4.11. The molecule has 0 saturated heterocycles. The number of amides is 1. The summed E-state index contributed by atoms with van der Waals surface area (Å²) in [7, 11) is 1.97. The molecule has 0 aromatic carbocycles. The molecule has 2 N–H and O–H groups in total. The van der Waals surface area contributed by atoms with Gasteiger partial charge in [0.15, 0.2) is 0 Å². The Morgan fingerprint density at radius 3 is 2.78 bits per heavy atom. The van der Waals surface area contributed by atoms with E-state index in [0.29, 0.717) is 11.8 Å². The van der Waals surface area contributed by atoms with Crippen molar-refractivity contribution in [3.05, 3.63) is 20.8 Å². The Hall–Kier alpha value is -0.390. The van der Waals surface area contributed by atoms with Crippen molar-refractivity contribution in [2.75, 3.05) is 20.1 Å². The van der Waals surface area contributed by atoms with E-state index in [1.54, 1.807) is 11.3 Å². The molecule has 1 saturated carbocycles. The highest BCUT2D eigenvalue weighted by Gasteiger charge is 2.41. The highest BCUT2D eigenvalue weighted by atomic mass is 79.9. The molecule has 0 radical (unpaired) electrons. The van der Waals surface area contributed by atoms with Crippen LogP contribution in [-0.4, -0.2) is 26.0 Å². The van der Waals surface area contributed by atoms with Crippen molar-refractivity contribution >= 4 is 33.2 Å². The number of hydrogen-bond donors (Lipinski definition) is 2. The summed E-state index contributed by atoms with van der Waals surface area (Å²) in [6.45, 7) is 1.83. The summed E-state index contributed by atoms with van der Waals surface area (Å²) in [4.78, 5) is 13.0. The van der Waals surface area contributed by atoms with Crippen LogP contribution in [0.1, 0.15) is 24.1 Å². The summed E-state index contributed by atoms with van der Waals surface area (Å²) >= 11 is 5.13. The first-order valence-corrected chi connectivity index (χ1v) is 7.90. The SMILES string of the molecule is CNCC1(CNC(=O)CCc2ccc(Br)s2)CC1. The molecule has 2 rings (SSSR count). The standard InChI is InChI=1S/C13H19BrN2OS/c1-15-8-13(6-7-13)9-16-12(17)5-3-10-2-4-11(14)18-10/h2,4,15H,3,5-9H2,1H3,(H,16,17). The van der Waals surface area contributed by atoms with Gasteiger partial charge < -0.3 is 10.6 Å². The third-order valence-electron chi connectivity index (χ3n) is 3.40. The third-order valence-corrected chi connectivity index (χ3v) is 5.08. The van der Waals surface area contributed by atoms with Crippen LogP contribution >= 0.6 is 27.3 Å². The minimum Gasteiger partial charge on any atom is -0.355 e. The van der Waals surface area contributed by atoms with Gasteiger partial charge in [0.2, 0.25) is 5.91 Å². The van der Waals surface area contributed by atoms with Gasteiger partial charge in [0, 0.05) is 29.8 Å². The number of carbonyl (C=O) groups is 1. The monoisotopic (exact) mass is 330 g/mol. The van der Waals surface area contributed by atoms with Crippen LogP contribution in [0.15, 0.2) is 15.9 Å². The Bertz CT molecular complexity index is 415. The molecule has 1 amide bonds. The van der Waals surface area contributed by atoms with E-state index in [1.165, 1.54) is 17.7 Å². The van der Waals surface area contributed by atoms with Gasteiger partial charge in [0.25, 0.3) is 0 Å². The summed E-state index contributed by atoms with van der Waals surface area (Å²) in [5, 5.41) is 6.26. The highest BCUT2D eigenvalue weighted by Crippen LogP contribution is 2.44. The predicted octanol–water partition coefficient (Wildman–Crippen LogP) is 2.56. The average Bonchev–Trinajstić information content (AvgIpc) is 2.99. The molecular formula is C13H19BrN2OS. The van der Waals surface area contributed by atoms with Crippen LogP contribution in [0.4, 0.5) is 0 Å². The predicted molar refractivity (Wildman–Crippen MR) is 78.9 cm³/mol. The van der Waals surface area contributed by atoms with Gasteiger partial charge in [-0.05, 0) is 54.4 Å². The van der Waals surface area contributed by atoms with Crippen molar-refractivity contribution in [2.24, 2.45) is 5.41 Å². The smallest absolute Gasteiger partial charge is 0.220 e. The zero-order valence-electron chi connectivity index (χ0n) is 10.6. The highest BCUT2D eigenvalue weighted by molar-refractivity contribution is 9.11. The maximum Gasteiger partial charge on any atom is 0.220 e. The van der Waals surface area contributed by atoms with Crippen LogP contribution in [-0.2, 0) is 11.2 Å². The Morgan fingerprint density at radius 2 is 2.22 bits per heavy atom. The fraction of sp³-hybridized carbons (Fsp3) is 0.615. The molecule has 0 atom stereocenters. The topological polar surface area (TPSA) is 41.1 Å². The van der Waals surface area contributed by atoms with E-state index in [-0.39, 0.29) is 5.91 Å². The number of halogens is 1. The van der Waals surface area contributed by atoms with Gasteiger partial charge in [-0.2, -0.15) is 0 Å². The van der Waals surface area contributed by atoms with E-state index in [1.807, 2.05) is 13.1 Å². The van der Waals surface area contributed by atoms with E-state index in [4.69, 9.17) is 0 Å². The van der Waals surface area contributed by atoms with Crippen LogP contribution in [0, 0.1) is 5.41 Å². The molecule has 0 unspecified atom stereocenters. The number of nitrogens with one attached hydrogen (secondary N) is 2. The average molecular weight is 331 g/mol. The Morgan fingerprint density at radius 1 is 1.44 bits per heavy atom. The van der Waals surface area contributed by atoms with Gasteiger partial charge in [-0.3, -0.25) is 4.79 Å². The summed E-state index contributed by atoms with van der Waals surface area (Å²) in [5.74, 6) is 0.168. The van der Waals surface area contributed by atoms with Gasteiger partial charge in [0.05, 0.1) is 3.79 Å². The van der Waals surface area contributed by atoms with Crippen molar-refractivity contribution in [3.63, 3.8) is 0 Å². The van der Waals surface area contributed by atoms with Crippen molar-refractivity contribution in [2.45, 2.75) is 25.7 Å². The molecule has 1 aliphatic rings. The number of aryl methyl sites for hydroxylation is 1. The van der Waals surface area contributed by atoms with Crippen molar-refractivity contribution in [1.29, 1.82) is 0 Å². The minimum absolute atomic E-state index is 0.168. The van der Waals surface area contributed by atoms with E-state index >= 15 is 0 Å². The van der Waals surface area contributed by atoms with Gasteiger partial charge in [0.1, 0.15) is 0 Å². The van der Waals surface area contributed by atoms with Crippen LogP contribution in [0.3, 0.4) is 0 Å². The fourth-order valence-corrected chi connectivity index (χ4v) is 3.55. The molecular weight excluding hydrogens is 312 g/mol. The number of rotatable bonds is 7. The molecule has 100 valence electrons. The Labute approximate surface area is 120 Å². The largest absolute Gasteiger partial charge is 0.355 e. The minimum atomic E-state index is 0.168.